The van der Waals surface area contributed by atoms with Gasteiger partial charge in [-0.05, 0) is 50.4 Å². The largest absolute Gasteiger partial charge is 0.311 e. The van der Waals surface area contributed by atoms with Crippen molar-refractivity contribution in [1.29, 1.82) is 0 Å². The van der Waals surface area contributed by atoms with E-state index >= 15 is 0 Å². The molecular formula is C16H31N. The molecule has 1 N–H and O–H groups in total. The normalized spacial score (nSPS) is 39.2. The average molecular weight is 237 g/mol. The van der Waals surface area contributed by atoms with Gasteiger partial charge >= 0.3 is 0 Å². The van der Waals surface area contributed by atoms with E-state index in [9.17, 15) is 0 Å². The third-order valence-corrected chi connectivity index (χ3v) is 5.26. The molecule has 2 rings (SSSR count). The number of nitrogens with one attached hydrogen (secondary N) is 1. The predicted octanol–water partition coefficient (Wildman–Crippen LogP) is 4.51. The SMILES string of the molecule is CCC1CCC(NC2CCCC(CC)C2)CC1. The van der Waals surface area contributed by atoms with Crippen LogP contribution in [0.2, 0.25) is 0 Å². The number of rotatable bonds is 4. The molecule has 0 radical (unpaired) electrons. The van der Waals surface area contributed by atoms with Crippen molar-refractivity contribution >= 4 is 0 Å². The molecule has 0 bridgehead atoms. The first-order valence-corrected chi connectivity index (χ1v) is 8.07. The summed E-state index contributed by atoms with van der Waals surface area (Å²) in [4.78, 5) is 0. The lowest BCUT2D eigenvalue weighted by atomic mass is 9.81. The Kier molecular flexibility index (Phi) is 5.34. The third-order valence-electron chi connectivity index (χ3n) is 5.26. The van der Waals surface area contributed by atoms with Crippen molar-refractivity contribution < 1.29 is 0 Å². The molecule has 0 spiro atoms. The van der Waals surface area contributed by atoms with Crippen LogP contribution in [0.4, 0.5) is 0 Å². The maximum atomic E-state index is 3.97. The molecule has 0 aromatic carbocycles. The van der Waals surface area contributed by atoms with Gasteiger partial charge in [0.05, 0.1) is 0 Å². The summed E-state index contributed by atoms with van der Waals surface area (Å²) in [6, 6.07) is 1.69. The van der Waals surface area contributed by atoms with Crippen LogP contribution in [0.3, 0.4) is 0 Å². The molecule has 2 unspecified atom stereocenters. The first-order chi connectivity index (χ1) is 8.31. The number of hydrogen-bond acceptors (Lipinski definition) is 1. The minimum Gasteiger partial charge on any atom is -0.311 e. The second-order valence-corrected chi connectivity index (χ2v) is 6.43. The first-order valence-electron chi connectivity index (χ1n) is 8.07. The monoisotopic (exact) mass is 237 g/mol. The summed E-state index contributed by atoms with van der Waals surface area (Å²) in [5.74, 6) is 2.04. The Morgan fingerprint density at radius 3 is 2.12 bits per heavy atom. The van der Waals surface area contributed by atoms with E-state index in [0.29, 0.717) is 0 Å². The standard InChI is InChI=1S/C16H31N/c1-3-13-8-10-15(11-9-13)17-16-7-5-6-14(4-2)12-16/h13-17H,3-12H2,1-2H3. The fraction of sp³-hybridized carbons (Fsp3) is 1.00. The van der Waals surface area contributed by atoms with Crippen LogP contribution in [0.25, 0.3) is 0 Å². The fourth-order valence-corrected chi connectivity index (χ4v) is 3.88. The van der Waals surface area contributed by atoms with Crippen molar-refractivity contribution in [2.75, 3.05) is 0 Å². The van der Waals surface area contributed by atoms with Crippen LogP contribution in [0.1, 0.15) is 78.1 Å². The van der Waals surface area contributed by atoms with Crippen LogP contribution < -0.4 is 5.32 Å². The van der Waals surface area contributed by atoms with Gasteiger partial charge in [-0.3, -0.25) is 0 Å². The quantitative estimate of drug-likeness (QED) is 0.758. The molecule has 2 fully saturated rings. The third kappa shape index (κ3) is 3.98. The average Bonchev–Trinajstić information content (AvgIpc) is 2.40. The molecule has 0 aromatic rings. The highest BCUT2D eigenvalue weighted by Gasteiger charge is 2.25. The molecule has 2 saturated carbocycles. The summed E-state index contributed by atoms with van der Waals surface area (Å²) in [6.45, 7) is 4.71. The Balaban J connectivity index is 1.70. The van der Waals surface area contributed by atoms with Crippen LogP contribution in [0.5, 0.6) is 0 Å². The van der Waals surface area contributed by atoms with E-state index in [1.165, 1.54) is 64.2 Å². The highest BCUT2D eigenvalue weighted by atomic mass is 15.0. The lowest BCUT2D eigenvalue weighted by Gasteiger charge is -2.35. The maximum Gasteiger partial charge on any atom is 0.00722 e. The van der Waals surface area contributed by atoms with E-state index in [2.05, 4.69) is 19.2 Å². The molecule has 2 atom stereocenters. The van der Waals surface area contributed by atoms with Crippen LogP contribution in [0.15, 0.2) is 0 Å². The summed E-state index contributed by atoms with van der Waals surface area (Å²) >= 11 is 0. The van der Waals surface area contributed by atoms with Gasteiger partial charge in [0.2, 0.25) is 0 Å². The van der Waals surface area contributed by atoms with Crippen molar-refractivity contribution in [1.82, 2.24) is 5.32 Å². The van der Waals surface area contributed by atoms with Crippen molar-refractivity contribution in [3.05, 3.63) is 0 Å². The lowest BCUT2D eigenvalue weighted by molar-refractivity contribution is 0.220. The molecule has 100 valence electrons. The maximum absolute atomic E-state index is 3.97. The Bertz CT molecular complexity index is 206. The van der Waals surface area contributed by atoms with Gasteiger partial charge in [0.15, 0.2) is 0 Å². The second-order valence-electron chi connectivity index (χ2n) is 6.43. The lowest BCUT2D eigenvalue weighted by Crippen LogP contribution is -2.42. The van der Waals surface area contributed by atoms with Crippen LogP contribution in [-0.4, -0.2) is 12.1 Å². The molecule has 2 aliphatic carbocycles. The van der Waals surface area contributed by atoms with Crippen LogP contribution in [-0.2, 0) is 0 Å². The molecule has 0 heterocycles. The topological polar surface area (TPSA) is 12.0 Å². The first kappa shape index (κ1) is 13.4. The zero-order valence-electron chi connectivity index (χ0n) is 11.9. The number of hydrogen-bond donors (Lipinski definition) is 1. The smallest absolute Gasteiger partial charge is 0.00722 e. The summed E-state index contributed by atoms with van der Waals surface area (Å²) in [6.07, 6.45) is 14.4. The van der Waals surface area contributed by atoms with Gasteiger partial charge in [-0.2, -0.15) is 0 Å². The van der Waals surface area contributed by atoms with Crippen LogP contribution >= 0.6 is 0 Å². The Hall–Kier alpha value is -0.0400. The predicted molar refractivity (Wildman–Crippen MR) is 75.2 cm³/mol. The van der Waals surface area contributed by atoms with Gasteiger partial charge in [-0.15, -0.1) is 0 Å². The summed E-state index contributed by atoms with van der Waals surface area (Å²) in [7, 11) is 0. The van der Waals surface area contributed by atoms with Gasteiger partial charge in [0.1, 0.15) is 0 Å². The van der Waals surface area contributed by atoms with E-state index in [4.69, 9.17) is 0 Å². The van der Waals surface area contributed by atoms with Crippen molar-refractivity contribution in [2.24, 2.45) is 11.8 Å². The van der Waals surface area contributed by atoms with Gasteiger partial charge in [-0.1, -0.05) is 39.5 Å². The van der Waals surface area contributed by atoms with E-state index in [-0.39, 0.29) is 0 Å². The van der Waals surface area contributed by atoms with Crippen molar-refractivity contribution in [3.8, 4) is 0 Å². The molecule has 0 saturated heterocycles. The van der Waals surface area contributed by atoms with Gasteiger partial charge < -0.3 is 5.32 Å². The second kappa shape index (κ2) is 6.78. The summed E-state index contributed by atoms with van der Waals surface area (Å²) in [5, 5.41) is 3.97. The molecule has 1 heteroatoms. The minimum absolute atomic E-state index is 0.844. The Morgan fingerprint density at radius 1 is 0.765 bits per heavy atom. The molecule has 0 amide bonds. The zero-order chi connectivity index (χ0) is 12.1. The molecular weight excluding hydrogens is 206 g/mol. The molecule has 0 aromatic heterocycles. The van der Waals surface area contributed by atoms with E-state index in [0.717, 1.165) is 23.9 Å². The van der Waals surface area contributed by atoms with E-state index in [1.807, 2.05) is 0 Å². The van der Waals surface area contributed by atoms with Crippen LogP contribution in [0, 0.1) is 11.8 Å². The van der Waals surface area contributed by atoms with Gasteiger partial charge in [0.25, 0.3) is 0 Å². The van der Waals surface area contributed by atoms with Gasteiger partial charge in [0, 0.05) is 12.1 Å². The van der Waals surface area contributed by atoms with E-state index in [1.54, 1.807) is 0 Å². The van der Waals surface area contributed by atoms with Crippen molar-refractivity contribution in [3.63, 3.8) is 0 Å². The Labute approximate surface area is 108 Å². The fourth-order valence-electron chi connectivity index (χ4n) is 3.88. The summed E-state index contributed by atoms with van der Waals surface area (Å²) in [5.41, 5.74) is 0. The minimum atomic E-state index is 0.844. The van der Waals surface area contributed by atoms with E-state index < -0.39 is 0 Å². The highest BCUT2D eigenvalue weighted by molar-refractivity contribution is 4.83. The van der Waals surface area contributed by atoms with Crippen molar-refractivity contribution in [2.45, 2.75) is 90.1 Å². The zero-order valence-corrected chi connectivity index (χ0v) is 11.9. The molecule has 0 aliphatic heterocycles. The molecule has 17 heavy (non-hydrogen) atoms. The molecule has 1 nitrogen and oxygen atoms in total. The Morgan fingerprint density at radius 2 is 1.47 bits per heavy atom. The summed E-state index contributed by atoms with van der Waals surface area (Å²) < 4.78 is 0. The van der Waals surface area contributed by atoms with Gasteiger partial charge in [-0.25, -0.2) is 0 Å². The molecule has 2 aliphatic rings. The highest BCUT2D eigenvalue weighted by Crippen LogP contribution is 2.30.